The van der Waals surface area contributed by atoms with Gasteiger partial charge >= 0.3 is 5.97 Å². The predicted molar refractivity (Wildman–Crippen MR) is 82.9 cm³/mol. The summed E-state index contributed by atoms with van der Waals surface area (Å²) >= 11 is 1.56. The van der Waals surface area contributed by atoms with Crippen molar-refractivity contribution in [3.8, 4) is 0 Å². The predicted octanol–water partition coefficient (Wildman–Crippen LogP) is 2.96. The van der Waals surface area contributed by atoms with Crippen LogP contribution in [0.1, 0.15) is 31.6 Å². The second-order valence-electron chi connectivity index (χ2n) is 4.84. The summed E-state index contributed by atoms with van der Waals surface area (Å²) in [6, 6.07) is 10.8. The van der Waals surface area contributed by atoms with Crippen LogP contribution in [0.15, 0.2) is 36.4 Å². The fourth-order valence-electron chi connectivity index (χ4n) is 2.18. The average molecular weight is 303 g/mol. The average Bonchev–Trinajstić information content (AvgIpc) is 2.78. The zero-order valence-electron chi connectivity index (χ0n) is 11.9. The number of rotatable bonds is 5. The quantitative estimate of drug-likeness (QED) is 0.892. The fraction of sp³-hybridized carbons (Fsp3) is 0.250. The molecular formula is C16H17NO3S. The Bertz CT molecular complexity index is 649. The van der Waals surface area contributed by atoms with Gasteiger partial charge in [0.05, 0.1) is 11.5 Å². The molecule has 1 amide bonds. The summed E-state index contributed by atoms with van der Waals surface area (Å²) in [5.41, 5.74) is 1.30. The van der Waals surface area contributed by atoms with Crippen molar-refractivity contribution in [1.29, 1.82) is 0 Å². The van der Waals surface area contributed by atoms with E-state index in [1.54, 1.807) is 35.6 Å². The lowest BCUT2D eigenvalue weighted by Gasteiger charge is -2.13. The maximum Gasteiger partial charge on any atom is 0.312 e. The molecule has 110 valence electrons. The zero-order chi connectivity index (χ0) is 15.4. The van der Waals surface area contributed by atoms with Crippen LogP contribution in [0.2, 0.25) is 0 Å². The molecular weight excluding hydrogens is 286 g/mol. The smallest absolute Gasteiger partial charge is 0.312 e. The van der Waals surface area contributed by atoms with Crippen LogP contribution < -0.4 is 5.32 Å². The standard InChI is InChI=1S/C16H17NO3S/c1-10-8-13(11(2)21-10)15(18)17-9-14(16(19)20)12-6-4-3-5-7-12/h3-8,14H,9H2,1-2H3,(H,17,18)(H,19,20). The lowest BCUT2D eigenvalue weighted by Crippen LogP contribution is -2.31. The van der Waals surface area contributed by atoms with Crippen molar-refractivity contribution >= 4 is 23.2 Å². The molecule has 0 spiro atoms. The van der Waals surface area contributed by atoms with Gasteiger partial charge in [-0.1, -0.05) is 30.3 Å². The highest BCUT2D eigenvalue weighted by Crippen LogP contribution is 2.21. The Morgan fingerprint density at radius 1 is 1.24 bits per heavy atom. The monoisotopic (exact) mass is 303 g/mol. The van der Waals surface area contributed by atoms with E-state index in [4.69, 9.17) is 0 Å². The minimum Gasteiger partial charge on any atom is -0.481 e. The molecule has 1 atom stereocenters. The van der Waals surface area contributed by atoms with Crippen LogP contribution in [0.4, 0.5) is 0 Å². The first-order chi connectivity index (χ1) is 9.99. The largest absolute Gasteiger partial charge is 0.481 e. The Balaban J connectivity index is 2.08. The summed E-state index contributed by atoms with van der Waals surface area (Å²) in [5, 5.41) is 12.0. The summed E-state index contributed by atoms with van der Waals surface area (Å²) in [6.07, 6.45) is 0. The Kier molecular flexibility index (Phi) is 4.75. The van der Waals surface area contributed by atoms with Crippen LogP contribution in [0.25, 0.3) is 0 Å². The van der Waals surface area contributed by atoms with Crippen LogP contribution in [0, 0.1) is 13.8 Å². The van der Waals surface area contributed by atoms with Crippen molar-refractivity contribution in [2.45, 2.75) is 19.8 Å². The highest BCUT2D eigenvalue weighted by Gasteiger charge is 2.21. The van der Waals surface area contributed by atoms with Gasteiger partial charge in [-0.05, 0) is 25.5 Å². The van der Waals surface area contributed by atoms with E-state index in [0.717, 1.165) is 9.75 Å². The van der Waals surface area contributed by atoms with Crippen molar-refractivity contribution in [2.75, 3.05) is 6.54 Å². The molecule has 2 rings (SSSR count). The van der Waals surface area contributed by atoms with Crippen molar-refractivity contribution in [3.63, 3.8) is 0 Å². The summed E-state index contributed by atoms with van der Waals surface area (Å²) in [6.45, 7) is 3.91. The third kappa shape index (κ3) is 3.70. The topological polar surface area (TPSA) is 66.4 Å². The molecule has 2 N–H and O–H groups in total. The van der Waals surface area contributed by atoms with Gasteiger partial charge in [0.1, 0.15) is 0 Å². The van der Waals surface area contributed by atoms with Gasteiger partial charge in [-0.25, -0.2) is 0 Å². The van der Waals surface area contributed by atoms with Gasteiger partial charge in [-0.3, -0.25) is 9.59 Å². The number of amides is 1. The Morgan fingerprint density at radius 2 is 1.90 bits per heavy atom. The van der Waals surface area contributed by atoms with Crippen molar-refractivity contribution in [3.05, 3.63) is 57.3 Å². The minimum absolute atomic E-state index is 0.0759. The van der Waals surface area contributed by atoms with Gasteiger partial charge in [0.25, 0.3) is 5.91 Å². The first kappa shape index (κ1) is 15.3. The molecule has 0 bridgehead atoms. The molecule has 5 heteroatoms. The molecule has 21 heavy (non-hydrogen) atoms. The van der Waals surface area contributed by atoms with Crippen molar-refractivity contribution in [2.24, 2.45) is 0 Å². The summed E-state index contributed by atoms with van der Waals surface area (Å²) in [5.74, 6) is -1.91. The summed E-state index contributed by atoms with van der Waals surface area (Å²) < 4.78 is 0. The molecule has 0 aliphatic rings. The van der Waals surface area contributed by atoms with E-state index in [-0.39, 0.29) is 12.5 Å². The number of hydrogen-bond acceptors (Lipinski definition) is 3. The van der Waals surface area contributed by atoms with Gasteiger partial charge in [0.15, 0.2) is 0 Å². The Labute approximate surface area is 127 Å². The lowest BCUT2D eigenvalue weighted by molar-refractivity contribution is -0.138. The molecule has 2 aromatic rings. The van der Waals surface area contributed by atoms with Crippen molar-refractivity contribution in [1.82, 2.24) is 5.32 Å². The molecule has 1 unspecified atom stereocenters. The molecule has 0 aliphatic carbocycles. The molecule has 1 heterocycles. The highest BCUT2D eigenvalue weighted by molar-refractivity contribution is 7.12. The molecule has 0 saturated heterocycles. The third-order valence-electron chi connectivity index (χ3n) is 3.25. The second-order valence-corrected chi connectivity index (χ2v) is 6.30. The number of thiophene rings is 1. The van der Waals surface area contributed by atoms with Gasteiger partial charge in [-0.15, -0.1) is 11.3 Å². The molecule has 1 aromatic heterocycles. The first-order valence-corrected chi connectivity index (χ1v) is 7.43. The van der Waals surface area contributed by atoms with Crippen LogP contribution >= 0.6 is 11.3 Å². The number of aliphatic carboxylic acids is 1. The van der Waals surface area contributed by atoms with Crippen LogP contribution in [-0.4, -0.2) is 23.5 Å². The molecule has 4 nitrogen and oxygen atoms in total. The summed E-state index contributed by atoms with van der Waals surface area (Å²) in [4.78, 5) is 25.5. The van der Waals surface area contributed by atoms with E-state index in [2.05, 4.69) is 5.32 Å². The van der Waals surface area contributed by atoms with Gasteiger partial charge in [0, 0.05) is 16.3 Å². The molecule has 0 aliphatic heterocycles. The minimum atomic E-state index is -0.945. The van der Waals surface area contributed by atoms with Crippen molar-refractivity contribution < 1.29 is 14.7 Å². The number of benzene rings is 1. The number of carbonyl (C=O) groups is 2. The lowest BCUT2D eigenvalue weighted by atomic mass is 9.99. The Hall–Kier alpha value is -2.14. The maximum atomic E-state index is 12.1. The first-order valence-electron chi connectivity index (χ1n) is 6.62. The van der Waals surface area contributed by atoms with E-state index >= 15 is 0 Å². The number of carboxylic acid groups (broad SMARTS) is 1. The van der Waals surface area contributed by atoms with E-state index < -0.39 is 11.9 Å². The van der Waals surface area contributed by atoms with Crippen LogP contribution in [0.5, 0.6) is 0 Å². The number of carboxylic acids is 1. The van der Waals surface area contributed by atoms with Crippen LogP contribution in [-0.2, 0) is 4.79 Å². The van der Waals surface area contributed by atoms with Crippen LogP contribution in [0.3, 0.4) is 0 Å². The normalized spacial score (nSPS) is 11.9. The van der Waals surface area contributed by atoms with Gasteiger partial charge < -0.3 is 10.4 Å². The van der Waals surface area contributed by atoms with E-state index in [0.29, 0.717) is 11.1 Å². The van der Waals surface area contributed by atoms with E-state index in [1.807, 2.05) is 26.0 Å². The fourth-order valence-corrected chi connectivity index (χ4v) is 3.10. The number of carbonyl (C=O) groups excluding carboxylic acids is 1. The Morgan fingerprint density at radius 3 is 2.43 bits per heavy atom. The van der Waals surface area contributed by atoms with Gasteiger partial charge in [-0.2, -0.15) is 0 Å². The molecule has 1 aromatic carbocycles. The second kappa shape index (κ2) is 6.54. The molecule has 0 radical (unpaired) electrons. The van der Waals surface area contributed by atoms with Gasteiger partial charge in [0.2, 0.25) is 0 Å². The number of hydrogen-bond donors (Lipinski definition) is 2. The van der Waals surface area contributed by atoms with E-state index in [1.165, 1.54) is 0 Å². The molecule has 0 saturated carbocycles. The highest BCUT2D eigenvalue weighted by atomic mass is 32.1. The number of nitrogens with one attached hydrogen (secondary N) is 1. The zero-order valence-corrected chi connectivity index (χ0v) is 12.7. The third-order valence-corrected chi connectivity index (χ3v) is 4.22. The number of aryl methyl sites for hydroxylation is 2. The maximum absolute atomic E-state index is 12.1. The summed E-state index contributed by atoms with van der Waals surface area (Å²) in [7, 11) is 0. The van der Waals surface area contributed by atoms with E-state index in [9.17, 15) is 14.7 Å². The SMILES string of the molecule is Cc1cc(C(=O)NCC(C(=O)O)c2ccccc2)c(C)s1. The molecule has 0 fully saturated rings.